The van der Waals surface area contributed by atoms with E-state index in [0.717, 1.165) is 22.0 Å². The number of hydrogen-bond donors (Lipinski definition) is 1. The number of nitrogens with one attached hydrogen (secondary N) is 1. The van der Waals surface area contributed by atoms with Crippen molar-refractivity contribution in [3.63, 3.8) is 0 Å². The van der Waals surface area contributed by atoms with Crippen molar-refractivity contribution >= 4 is 22.5 Å². The van der Waals surface area contributed by atoms with Crippen molar-refractivity contribution in [2.45, 2.75) is 0 Å². The number of aromatic nitrogens is 2. The van der Waals surface area contributed by atoms with E-state index >= 15 is 0 Å². The van der Waals surface area contributed by atoms with Gasteiger partial charge < -0.3 is 4.74 Å². The molecule has 3 rings (SSSR count). The van der Waals surface area contributed by atoms with E-state index in [2.05, 4.69) is 16.3 Å². The van der Waals surface area contributed by atoms with Crippen molar-refractivity contribution < 1.29 is 4.74 Å². The maximum absolute atomic E-state index is 6.13. The minimum Gasteiger partial charge on any atom is -0.495 e. The van der Waals surface area contributed by atoms with Gasteiger partial charge in [0.05, 0.1) is 23.8 Å². The van der Waals surface area contributed by atoms with Gasteiger partial charge in [-0.15, -0.1) is 0 Å². The number of ether oxygens (including phenoxy) is 1. The molecule has 0 radical (unpaired) electrons. The summed E-state index contributed by atoms with van der Waals surface area (Å²) in [6.07, 6.45) is 1.81. The van der Waals surface area contributed by atoms with Crippen molar-refractivity contribution in [3.05, 3.63) is 47.6 Å². The topological polar surface area (TPSA) is 37.9 Å². The maximum atomic E-state index is 6.13. The molecule has 0 spiro atoms. The molecule has 0 aliphatic rings. The van der Waals surface area contributed by atoms with E-state index in [1.165, 1.54) is 0 Å². The lowest BCUT2D eigenvalue weighted by Gasteiger charge is -2.06. The average molecular weight is 259 g/mol. The second-order valence-corrected chi connectivity index (χ2v) is 4.43. The van der Waals surface area contributed by atoms with Gasteiger partial charge in [0.15, 0.2) is 0 Å². The number of hydrogen-bond acceptors (Lipinski definition) is 2. The third-order valence-electron chi connectivity index (χ3n) is 2.93. The largest absolute Gasteiger partial charge is 0.495 e. The van der Waals surface area contributed by atoms with Crippen LogP contribution in [-0.2, 0) is 0 Å². The Morgan fingerprint density at radius 2 is 1.89 bits per heavy atom. The molecule has 1 heterocycles. The van der Waals surface area contributed by atoms with Gasteiger partial charge in [0.25, 0.3) is 0 Å². The zero-order valence-electron chi connectivity index (χ0n) is 9.77. The SMILES string of the molecule is COc1ccc(-c2ccc3[nH]ncc3c2)cc1Cl. The molecule has 3 nitrogen and oxygen atoms in total. The molecular weight excluding hydrogens is 248 g/mol. The molecule has 4 heteroatoms. The lowest BCUT2D eigenvalue weighted by molar-refractivity contribution is 0.415. The normalized spacial score (nSPS) is 10.8. The first-order valence-corrected chi connectivity index (χ1v) is 5.93. The van der Waals surface area contributed by atoms with Crippen LogP contribution in [0.2, 0.25) is 5.02 Å². The first-order chi connectivity index (χ1) is 8.78. The molecule has 0 unspecified atom stereocenters. The molecular formula is C14H11ClN2O. The standard InChI is InChI=1S/C14H11ClN2O/c1-18-14-5-3-10(7-12(14)15)9-2-4-13-11(6-9)8-16-17-13/h2-8H,1H3,(H,16,17). The molecule has 0 saturated heterocycles. The fourth-order valence-corrected chi connectivity index (χ4v) is 2.23. The molecule has 0 aliphatic heterocycles. The van der Waals surface area contributed by atoms with Crippen LogP contribution in [0.1, 0.15) is 0 Å². The van der Waals surface area contributed by atoms with E-state index in [9.17, 15) is 0 Å². The number of halogens is 1. The van der Waals surface area contributed by atoms with Crippen molar-refractivity contribution in [2.75, 3.05) is 7.11 Å². The van der Waals surface area contributed by atoms with Crippen LogP contribution < -0.4 is 4.74 Å². The molecule has 0 aliphatic carbocycles. The number of rotatable bonds is 2. The second-order valence-electron chi connectivity index (χ2n) is 4.02. The summed E-state index contributed by atoms with van der Waals surface area (Å²) in [5, 5.41) is 8.64. The fraction of sp³-hybridized carbons (Fsp3) is 0.0714. The highest BCUT2D eigenvalue weighted by Gasteiger charge is 2.05. The lowest BCUT2D eigenvalue weighted by atomic mass is 10.0. The predicted octanol–water partition coefficient (Wildman–Crippen LogP) is 3.89. The number of benzene rings is 2. The van der Waals surface area contributed by atoms with E-state index in [1.807, 2.05) is 36.5 Å². The molecule has 0 bridgehead atoms. The quantitative estimate of drug-likeness (QED) is 0.757. The minimum absolute atomic E-state index is 0.613. The van der Waals surface area contributed by atoms with Crippen LogP contribution >= 0.6 is 11.6 Å². The summed E-state index contributed by atoms with van der Waals surface area (Å²) < 4.78 is 5.15. The van der Waals surface area contributed by atoms with Gasteiger partial charge in [0.1, 0.15) is 5.75 Å². The van der Waals surface area contributed by atoms with Crippen molar-refractivity contribution in [3.8, 4) is 16.9 Å². The Bertz CT molecular complexity index is 706. The van der Waals surface area contributed by atoms with Crippen LogP contribution in [0.15, 0.2) is 42.6 Å². The van der Waals surface area contributed by atoms with E-state index in [4.69, 9.17) is 16.3 Å². The van der Waals surface area contributed by atoms with Crippen LogP contribution in [0.4, 0.5) is 0 Å². The second kappa shape index (κ2) is 4.35. The maximum Gasteiger partial charge on any atom is 0.137 e. The van der Waals surface area contributed by atoms with Gasteiger partial charge in [0.2, 0.25) is 0 Å². The minimum atomic E-state index is 0.613. The van der Waals surface area contributed by atoms with Crippen LogP contribution in [0, 0.1) is 0 Å². The molecule has 0 amide bonds. The number of aromatic amines is 1. The number of H-pyrrole nitrogens is 1. The Morgan fingerprint density at radius 1 is 1.11 bits per heavy atom. The highest BCUT2D eigenvalue weighted by molar-refractivity contribution is 6.32. The lowest BCUT2D eigenvalue weighted by Crippen LogP contribution is -1.85. The van der Waals surface area contributed by atoms with Gasteiger partial charge in [0, 0.05) is 5.39 Å². The summed E-state index contributed by atoms with van der Waals surface area (Å²) in [6, 6.07) is 11.9. The molecule has 18 heavy (non-hydrogen) atoms. The summed E-state index contributed by atoms with van der Waals surface area (Å²) in [4.78, 5) is 0. The number of nitrogens with zero attached hydrogens (tertiary/aromatic N) is 1. The Kier molecular flexibility index (Phi) is 2.68. The van der Waals surface area contributed by atoms with E-state index in [1.54, 1.807) is 7.11 Å². The summed E-state index contributed by atoms with van der Waals surface area (Å²) >= 11 is 6.13. The predicted molar refractivity (Wildman–Crippen MR) is 73.1 cm³/mol. The average Bonchev–Trinajstić information content (AvgIpc) is 2.85. The zero-order valence-corrected chi connectivity index (χ0v) is 10.5. The molecule has 0 saturated carbocycles. The van der Waals surface area contributed by atoms with Gasteiger partial charge in [-0.05, 0) is 35.4 Å². The van der Waals surface area contributed by atoms with Gasteiger partial charge in [-0.2, -0.15) is 5.10 Å². The monoisotopic (exact) mass is 258 g/mol. The van der Waals surface area contributed by atoms with Crippen molar-refractivity contribution in [1.82, 2.24) is 10.2 Å². The first-order valence-electron chi connectivity index (χ1n) is 5.55. The van der Waals surface area contributed by atoms with Crippen molar-refractivity contribution in [2.24, 2.45) is 0 Å². The molecule has 90 valence electrons. The van der Waals surface area contributed by atoms with Crippen LogP contribution in [0.3, 0.4) is 0 Å². The third kappa shape index (κ3) is 1.83. The third-order valence-corrected chi connectivity index (χ3v) is 3.22. The van der Waals surface area contributed by atoms with Crippen LogP contribution in [-0.4, -0.2) is 17.3 Å². The molecule has 1 aromatic heterocycles. The zero-order chi connectivity index (χ0) is 12.5. The molecule has 3 aromatic rings. The Labute approximate surface area is 109 Å². The van der Waals surface area contributed by atoms with Crippen molar-refractivity contribution in [1.29, 1.82) is 0 Å². The number of fused-ring (bicyclic) bond motifs is 1. The van der Waals surface area contributed by atoms with E-state index in [-0.39, 0.29) is 0 Å². The van der Waals surface area contributed by atoms with Gasteiger partial charge >= 0.3 is 0 Å². The Morgan fingerprint density at radius 3 is 2.67 bits per heavy atom. The molecule has 1 N–H and O–H groups in total. The smallest absolute Gasteiger partial charge is 0.137 e. The number of methoxy groups -OCH3 is 1. The van der Waals surface area contributed by atoms with Gasteiger partial charge in [-0.3, -0.25) is 5.10 Å². The summed E-state index contributed by atoms with van der Waals surface area (Å²) in [5.74, 6) is 0.685. The molecule has 2 aromatic carbocycles. The Balaban J connectivity index is 2.10. The van der Waals surface area contributed by atoms with Gasteiger partial charge in [-0.1, -0.05) is 23.7 Å². The van der Waals surface area contributed by atoms with E-state index < -0.39 is 0 Å². The summed E-state index contributed by atoms with van der Waals surface area (Å²) in [6.45, 7) is 0. The highest BCUT2D eigenvalue weighted by atomic mass is 35.5. The van der Waals surface area contributed by atoms with E-state index in [0.29, 0.717) is 10.8 Å². The summed E-state index contributed by atoms with van der Waals surface area (Å²) in [7, 11) is 1.61. The molecule has 0 atom stereocenters. The molecule has 0 fully saturated rings. The van der Waals surface area contributed by atoms with Crippen LogP contribution in [0.25, 0.3) is 22.0 Å². The van der Waals surface area contributed by atoms with Crippen LogP contribution in [0.5, 0.6) is 5.75 Å². The highest BCUT2D eigenvalue weighted by Crippen LogP contribution is 2.31. The first kappa shape index (κ1) is 11.1. The Hall–Kier alpha value is -2.00. The summed E-state index contributed by atoms with van der Waals surface area (Å²) in [5.41, 5.74) is 3.19. The van der Waals surface area contributed by atoms with Gasteiger partial charge in [-0.25, -0.2) is 0 Å². The fourth-order valence-electron chi connectivity index (χ4n) is 1.97.